The molecule has 8 nitrogen and oxygen atoms in total. The van der Waals surface area contributed by atoms with Crippen molar-refractivity contribution in [2.45, 2.75) is 18.9 Å². The molecule has 1 unspecified atom stereocenters. The van der Waals surface area contributed by atoms with Crippen molar-refractivity contribution in [3.8, 4) is 39.7 Å². The Kier molecular flexibility index (Phi) is 6.29. The average Bonchev–Trinajstić information content (AvgIpc) is 3.48. The molecule has 178 valence electrons. The van der Waals surface area contributed by atoms with E-state index in [2.05, 4.69) is 26.1 Å². The largest absolute Gasteiger partial charge is 0.492 e. The van der Waals surface area contributed by atoms with Gasteiger partial charge in [0.05, 0.1) is 0 Å². The molecule has 0 saturated carbocycles. The van der Waals surface area contributed by atoms with Crippen LogP contribution in [0.3, 0.4) is 0 Å². The number of aryl methyl sites for hydroxylation is 1. The fraction of sp³-hybridized carbons (Fsp3) is 0.259. The lowest BCUT2D eigenvalue weighted by Crippen LogP contribution is -2.19. The Bertz CT molecular complexity index is 1350. The first-order chi connectivity index (χ1) is 17.0. The zero-order valence-electron chi connectivity index (χ0n) is 19.8. The lowest BCUT2D eigenvalue weighted by Gasteiger charge is -2.11. The number of nitrogen functional groups attached to an aromatic ring is 1. The smallest absolute Gasteiger partial charge is 0.220 e. The summed E-state index contributed by atoms with van der Waals surface area (Å²) in [6.07, 6.45) is 3.19. The lowest BCUT2D eigenvalue weighted by atomic mass is 9.98. The van der Waals surface area contributed by atoms with Gasteiger partial charge in [0.25, 0.3) is 0 Å². The molecular formula is C27H27N5O3. The van der Waals surface area contributed by atoms with Crippen LogP contribution in [-0.4, -0.2) is 42.1 Å². The molecular weight excluding hydrogens is 442 g/mol. The van der Waals surface area contributed by atoms with E-state index < -0.39 is 0 Å². The third kappa shape index (κ3) is 4.79. The van der Waals surface area contributed by atoms with Crippen molar-refractivity contribution in [2.24, 2.45) is 5.18 Å². The Labute approximate surface area is 203 Å². The van der Waals surface area contributed by atoms with Crippen LogP contribution in [0, 0.1) is 4.91 Å². The monoisotopic (exact) mass is 469 g/mol. The zero-order chi connectivity index (χ0) is 24.4. The van der Waals surface area contributed by atoms with Crippen LogP contribution in [0.4, 0.5) is 5.95 Å². The minimum absolute atomic E-state index is 0.180. The van der Waals surface area contributed by atoms with Gasteiger partial charge in [0.2, 0.25) is 5.95 Å². The van der Waals surface area contributed by atoms with Crippen molar-refractivity contribution in [3.05, 3.63) is 76.8 Å². The van der Waals surface area contributed by atoms with Gasteiger partial charge in [-0.05, 0) is 80.0 Å². The number of ether oxygens (including phenoxy) is 1. The molecule has 1 aliphatic carbocycles. The molecule has 0 bridgehead atoms. The second-order valence-electron chi connectivity index (χ2n) is 8.90. The first-order valence-corrected chi connectivity index (χ1v) is 11.6. The van der Waals surface area contributed by atoms with Gasteiger partial charge in [0, 0.05) is 23.9 Å². The summed E-state index contributed by atoms with van der Waals surface area (Å²) < 4.78 is 12.2. The van der Waals surface area contributed by atoms with E-state index in [0.29, 0.717) is 23.8 Å². The fourth-order valence-corrected chi connectivity index (χ4v) is 4.37. The van der Waals surface area contributed by atoms with Gasteiger partial charge in [0.1, 0.15) is 29.9 Å². The lowest BCUT2D eigenvalue weighted by molar-refractivity contribution is 0.261. The summed E-state index contributed by atoms with van der Waals surface area (Å²) >= 11 is 0. The summed E-state index contributed by atoms with van der Waals surface area (Å²) in [5.41, 5.74) is 11.4. The molecule has 0 radical (unpaired) electrons. The van der Waals surface area contributed by atoms with E-state index >= 15 is 0 Å². The van der Waals surface area contributed by atoms with Gasteiger partial charge in [0.15, 0.2) is 5.76 Å². The first-order valence-electron chi connectivity index (χ1n) is 11.6. The summed E-state index contributed by atoms with van der Waals surface area (Å²) in [6, 6.07) is 17.5. The average molecular weight is 470 g/mol. The van der Waals surface area contributed by atoms with E-state index in [0.717, 1.165) is 53.0 Å². The Hall–Kier alpha value is -4.04. The first kappa shape index (κ1) is 22.7. The van der Waals surface area contributed by atoms with E-state index in [1.54, 1.807) is 12.3 Å². The van der Waals surface area contributed by atoms with Crippen LogP contribution in [0.5, 0.6) is 5.75 Å². The van der Waals surface area contributed by atoms with Crippen LogP contribution in [0.2, 0.25) is 0 Å². The number of fused-ring (bicyclic) bond motifs is 1. The highest BCUT2D eigenvalue weighted by atomic mass is 16.5. The van der Waals surface area contributed by atoms with Crippen molar-refractivity contribution in [1.29, 1.82) is 0 Å². The van der Waals surface area contributed by atoms with Crippen molar-refractivity contribution in [1.82, 2.24) is 14.9 Å². The number of furan rings is 1. The maximum Gasteiger partial charge on any atom is 0.220 e. The van der Waals surface area contributed by atoms with E-state index in [4.69, 9.17) is 14.9 Å². The molecule has 1 atom stereocenters. The molecule has 5 rings (SSSR count). The third-order valence-electron chi connectivity index (χ3n) is 6.21. The van der Waals surface area contributed by atoms with E-state index in [1.807, 2.05) is 56.6 Å². The van der Waals surface area contributed by atoms with Gasteiger partial charge >= 0.3 is 0 Å². The summed E-state index contributed by atoms with van der Waals surface area (Å²) in [7, 11) is 4.03. The Morgan fingerprint density at radius 2 is 1.91 bits per heavy atom. The molecule has 0 aliphatic heterocycles. The maximum absolute atomic E-state index is 11.2. The van der Waals surface area contributed by atoms with Gasteiger partial charge in [-0.25, -0.2) is 9.97 Å². The minimum atomic E-state index is -0.265. The molecule has 0 saturated heterocycles. The van der Waals surface area contributed by atoms with E-state index in [-0.39, 0.29) is 12.0 Å². The molecule has 35 heavy (non-hydrogen) atoms. The maximum atomic E-state index is 11.2. The van der Waals surface area contributed by atoms with Gasteiger partial charge < -0.3 is 19.8 Å². The summed E-state index contributed by atoms with van der Waals surface area (Å²) in [5.74, 6) is 2.31. The Balaban J connectivity index is 1.51. The molecule has 0 spiro atoms. The van der Waals surface area contributed by atoms with E-state index in [1.165, 1.54) is 0 Å². The number of anilines is 1. The number of nitrogens with two attached hydrogens (primary N) is 1. The predicted molar refractivity (Wildman–Crippen MR) is 136 cm³/mol. The van der Waals surface area contributed by atoms with Gasteiger partial charge in [-0.3, -0.25) is 0 Å². The standard InChI is InChI=1S/C27H27N5O3/c1-32(2)13-14-34-20-7-3-17(4-8-20)25-16-22(26(35-25)24-11-12-29-27(28)30-24)19-5-9-21-18(15-19)6-10-23(21)31-33/h3-5,7-9,11-12,15-16,23H,6,10,13-14H2,1-2H3,(H2,28,29,30). The topological polar surface area (TPSA) is 107 Å². The molecule has 2 aromatic carbocycles. The van der Waals surface area contributed by atoms with Crippen LogP contribution in [0.1, 0.15) is 23.6 Å². The highest BCUT2D eigenvalue weighted by Crippen LogP contribution is 2.41. The molecule has 2 aromatic heterocycles. The number of aromatic nitrogens is 2. The number of hydrogen-bond acceptors (Lipinski definition) is 8. The Morgan fingerprint density at radius 3 is 2.66 bits per heavy atom. The fourth-order valence-electron chi connectivity index (χ4n) is 4.37. The summed E-state index contributed by atoms with van der Waals surface area (Å²) in [4.78, 5) is 21.6. The van der Waals surface area contributed by atoms with Crippen molar-refractivity contribution >= 4 is 5.95 Å². The molecule has 2 heterocycles. The number of rotatable bonds is 8. The number of hydrogen-bond donors (Lipinski definition) is 1. The van der Waals surface area contributed by atoms with Gasteiger partial charge in [-0.15, -0.1) is 0 Å². The Morgan fingerprint density at radius 1 is 1.11 bits per heavy atom. The normalized spacial score (nSPS) is 14.8. The predicted octanol–water partition coefficient (Wildman–Crippen LogP) is 5.35. The molecule has 1 aliphatic rings. The van der Waals surface area contributed by atoms with E-state index in [9.17, 15) is 4.91 Å². The van der Waals surface area contributed by atoms with Crippen LogP contribution in [0.15, 0.2) is 70.4 Å². The molecule has 2 N–H and O–H groups in total. The molecule has 8 heteroatoms. The highest BCUT2D eigenvalue weighted by molar-refractivity contribution is 5.83. The number of likely N-dealkylation sites (N-methyl/N-ethyl adjacent to an activating group) is 1. The summed E-state index contributed by atoms with van der Waals surface area (Å²) in [5, 5.41) is 3.27. The minimum Gasteiger partial charge on any atom is -0.492 e. The molecule has 0 fully saturated rings. The molecule has 0 amide bonds. The quantitative estimate of drug-likeness (QED) is 0.347. The summed E-state index contributed by atoms with van der Waals surface area (Å²) in [6.45, 7) is 1.47. The highest BCUT2D eigenvalue weighted by Gasteiger charge is 2.25. The van der Waals surface area contributed by atoms with Crippen molar-refractivity contribution < 1.29 is 9.15 Å². The van der Waals surface area contributed by atoms with Crippen molar-refractivity contribution in [3.63, 3.8) is 0 Å². The number of nitroso groups, excluding NO2 is 1. The van der Waals surface area contributed by atoms with Crippen LogP contribution >= 0.6 is 0 Å². The number of benzene rings is 2. The number of nitrogens with zero attached hydrogens (tertiary/aromatic N) is 4. The van der Waals surface area contributed by atoms with Crippen LogP contribution in [0.25, 0.3) is 33.9 Å². The van der Waals surface area contributed by atoms with Crippen LogP contribution < -0.4 is 10.5 Å². The van der Waals surface area contributed by atoms with Crippen LogP contribution in [-0.2, 0) is 6.42 Å². The second-order valence-corrected chi connectivity index (χ2v) is 8.90. The zero-order valence-corrected chi connectivity index (χ0v) is 19.8. The SMILES string of the molecule is CN(C)CCOc1ccc(-c2cc(-c3ccc4c(c3)CCC4N=O)c(-c3ccnc(N)n3)o2)cc1. The molecule has 4 aromatic rings. The van der Waals surface area contributed by atoms with Crippen molar-refractivity contribution in [2.75, 3.05) is 33.0 Å². The van der Waals surface area contributed by atoms with Gasteiger partial charge in [-0.2, -0.15) is 4.91 Å². The van der Waals surface area contributed by atoms with Gasteiger partial charge in [-0.1, -0.05) is 23.4 Å². The second kappa shape index (κ2) is 9.68. The third-order valence-corrected chi connectivity index (χ3v) is 6.21.